The highest BCUT2D eigenvalue weighted by molar-refractivity contribution is 5.39. The fraction of sp³-hybridized carbons (Fsp3) is 0.400. The molecule has 1 aromatic heterocycles. The molecule has 0 atom stereocenters. The number of aromatic nitrogens is 2. The van der Waals surface area contributed by atoms with E-state index < -0.39 is 0 Å². The highest BCUT2D eigenvalue weighted by Gasteiger charge is 2.23. The van der Waals surface area contributed by atoms with Crippen molar-refractivity contribution >= 4 is 5.69 Å². The largest absolute Gasteiger partial charge is 0.312 e. The quantitative estimate of drug-likeness (QED) is 0.642. The lowest BCUT2D eigenvalue weighted by atomic mass is 10.0. The summed E-state index contributed by atoms with van der Waals surface area (Å²) in [5.41, 5.74) is 3.96. The van der Waals surface area contributed by atoms with Crippen LogP contribution < -0.4 is 0 Å². The molecular weight excluding hydrogens is 268 g/mol. The zero-order valence-electron chi connectivity index (χ0n) is 12.2. The number of aryl methyl sites for hydroxylation is 1. The van der Waals surface area contributed by atoms with Gasteiger partial charge in [0.25, 0.3) is 0 Å². The second-order valence-corrected chi connectivity index (χ2v) is 5.49. The molecule has 110 valence electrons. The van der Waals surface area contributed by atoms with Gasteiger partial charge >= 0.3 is 5.69 Å². The van der Waals surface area contributed by atoms with Crippen molar-refractivity contribution in [3.05, 3.63) is 56.9 Å². The van der Waals surface area contributed by atoms with E-state index in [9.17, 15) is 10.1 Å². The van der Waals surface area contributed by atoms with Crippen molar-refractivity contribution < 1.29 is 4.92 Å². The molecule has 3 rings (SSSR count). The van der Waals surface area contributed by atoms with E-state index in [0.29, 0.717) is 18.1 Å². The van der Waals surface area contributed by atoms with Gasteiger partial charge in [-0.25, -0.2) is 4.68 Å². The molecule has 21 heavy (non-hydrogen) atoms. The van der Waals surface area contributed by atoms with Gasteiger partial charge in [0, 0.05) is 13.1 Å². The first-order chi connectivity index (χ1) is 10.1. The van der Waals surface area contributed by atoms with E-state index >= 15 is 0 Å². The summed E-state index contributed by atoms with van der Waals surface area (Å²) in [7, 11) is 0. The topological polar surface area (TPSA) is 64.2 Å². The van der Waals surface area contributed by atoms with Gasteiger partial charge in [-0.15, -0.1) is 0 Å². The minimum atomic E-state index is -0.348. The number of benzene rings is 1. The number of hydrogen-bond acceptors (Lipinski definition) is 4. The van der Waals surface area contributed by atoms with Crippen LogP contribution in [0.3, 0.4) is 0 Å². The maximum absolute atomic E-state index is 11.1. The van der Waals surface area contributed by atoms with Crippen molar-refractivity contribution in [2.24, 2.45) is 0 Å². The van der Waals surface area contributed by atoms with Gasteiger partial charge in [0.15, 0.2) is 0 Å². The normalized spacial score (nSPS) is 15.0. The first-order valence-electron chi connectivity index (χ1n) is 7.04. The minimum absolute atomic E-state index is 0.132. The highest BCUT2D eigenvalue weighted by atomic mass is 16.6. The van der Waals surface area contributed by atoms with Crippen LogP contribution in [0.5, 0.6) is 0 Å². The third kappa shape index (κ3) is 2.54. The van der Waals surface area contributed by atoms with Crippen LogP contribution in [-0.2, 0) is 19.6 Å². The lowest BCUT2D eigenvalue weighted by Crippen LogP contribution is -2.33. The predicted octanol–water partition coefficient (Wildman–Crippen LogP) is 2.42. The fourth-order valence-corrected chi connectivity index (χ4v) is 2.95. The van der Waals surface area contributed by atoms with E-state index in [1.54, 1.807) is 18.5 Å². The van der Waals surface area contributed by atoms with Crippen LogP contribution in [0.2, 0.25) is 0 Å². The first-order valence-corrected chi connectivity index (χ1v) is 7.04. The molecule has 0 aliphatic carbocycles. The Morgan fingerprint density at radius 2 is 2.00 bits per heavy atom. The summed E-state index contributed by atoms with van der Waals surface area (Å²) in [5.74, 6) is 0. The molecular formula is C15H18N4O2. The summed E-state index contributed by atoms with van der Waals surface area (Å²) in [6.45, 7) is 5.85. The summed E-state index contributed by atoms with van der Waals surface area (Å²) >= 11 is 0. The van der Waals surface area contributed by atoms with Gasteiger partial charge in [0.05, 0.1) is 11.6 Å². The molecule has 2 aromatic rings. The van der Waals surface area contributed by atoms with Crippen molar-refractivity contribution in [2.75, 3.05) is 6.54 Å². The smallest absolute Gasteiger partial charge is 0.280 e. The van der Waals surface area contributed by atoms with Gasteiger partial charge in [-0.2, -0.15) is 5.10 Å². The molecule has 0 bridgehead atoms. The van der Waals surface area contributed by atoms with Gasteiger partial charge in [0.1, 0.15) is 11.4 Å². The highest BCUT2D eigenvalue weighted by Crippen LogP contribution is 2.24. The van der Waals surface area contributed by atoms with E-state index in [-0.39, 0.29) is 10.6 Å². The van der Waals surface area contributed by atoms with E-state index in [0.717, 1.165) is 19.5 Å². The molecule has 1 aliphatic rings. The zero-order valence-corrected chi connectivity index (χ0v) is 12.2. The molecule has 6 heteroatoms. The molecule has 0 fully saturated rings. The summed E-state index contributed by atoms with van der Waals surface area (Å²) in [5, 5.41) is 15.4. The van der Waals surface area contributed by atoms with Crippen LogP contribution in [0, 0.1) is 24.0 Å². The van der Waals surface area contributed by atoms with E-state index in [1.165, 1.54) is 11.1 Å². The molecule has 1 aliphatic heterocycles. The number of fused-ring (bicyclic) bond motifs is 1. The van der Waals surface area contributed by atoms with Crippen LogP contribution in [0.4, 0.5) is 5.69 Å². The van der Waals surface area contributed by atoms with Gasteiger partial charge in [-0.3, -0.25) is 15.0 Å². The van der Waals surface area contributed by atoms with Gasteiger partial charge in [-0.1, -0.05) is 24.3 Å². The van der Waals surface area contributed by atoms with Gasteiger partial charge < -0.3 is 0 Å². The molecule has 0 unspecified atom stereocenters. The van der Waals surface area contributed by atoms with Crippen LogP contribution in [0.15, 0.2) is 24.3 Å². The minimum Gasteiger partial charge on any atom is -0.280 e. The number of nitro groups is 1. The Labute approximate surface area is 123 Å². The molecule has 6 nitrogen and oxygen atoms in total. The average molecular weight is 286 g/mol. The van der Waals surface area contributed by atoms with Gasteiger partial charge in [-0.05, 0) is 31.4 Å². The Hall–Kier alpha value is -2.21. The van der Waals surface area contributed by atoms with E-state index in [4.69, 9.17) is 0 Å². The average Bonchev–Trinajstić information content (AvgIpc) is 2.73. The molecule has 0 radical (unpaired) electrons. The Kier molecular flexibility index (Phi) is 3.47. The second-order valence-electron chi connectivity index (χ2n) is 5.49. The molecule has 0 spiro atoms. The predicted molar refractivity (Wildman–Crippen MR) is 78.9 cm³/mol. The molecule has 0 N–H and O–H groups in total. The lowest BCUT2D eigenvalue weighted by molar-refractivity contribution is -0.386. The molecule has 2 heterocycles. The first kappa shape index (κ1) is 13.8. The van der Waals surface area contributed by atoms with Crippen LogP contribution in [0.1, 0.15) is 22.5 Å². The SMILES string of the molecule is Cc1nn(CN2CCc3ccccc3C2)c(C)c1[N+](=O)[O-]. The number of rotatable bonds is 3. The fourth-order valence-electron chi connectivity index (χ4n) is 2.95. The number of nitrogens with zero attached hydrogens (tertiary/aromatic N) is 4. The van der Waals surface area contributed by atoms with E-state index in [1.807, 2.05) is 0 Å². The number of hydrogen-bond donors (Lipinski definition) is 0. The lowest BCUT2D eigenvalue weighted by Gasteiger charge is -2.28. The Bertz CT molecular complexity index is 693. The van der Waals surface area contributed by atoms with Crippen molar-refractivity contribution in [1.29, 1.82) is 0 Å². The van der Waals surface area contributed by atoms with Crippen LogP contribution >= 0.6 is 0 Å². The van der Waals surface area contributed by atoms with E-state index in [2.05, 4.69) is 34.3 Å². The standard InChI is InChI=1S/C15H18N4O2/c1-11-15(19(20)21)12(2)18(16-11)10-17-8-7-13-5-3-4-6-14(13)9-17/h3-6H,7-10H2,1-2H3. The Morgan fingerprint density at radius 3 is 2.67 bits per heavy atom. The molecule has 1 aromatic carbocycles. The molecule has 0 amide bonds. The maximum atomic E-state index is 11.1. The summed E-state index contributed by atoms with van der Waals surface area (Å²) in [4.78, 5) is 13.0. The van der Waals surface area contributed by atoms with Crippen molar-refractivity contribution in [3.8, 4) is 0 Å². The molecule has 0 saturated carbocycles. The van der Waals surface area contributed by atoms with Crippen LogP contribution in [0.25, 0.3) is 0 Å². The zero-order chi connectivity index (χ0) is 15.0. The van der Waals surface area contributed by atoms with Crippen molar-refractivity contribution in [3.63, 3.8) is 0 Å². The third-order valence-electron chi connectivity index (χ3n) is 4.07. The van der Waals surface area contributed by atoms with Crippen LogP contribution in [-0.4, -0.2) is 26.1 Å². The summed E-state index contributed by atoms with van der Waals surface area (Å²) in [6, 6.07) is 8.43. The van der Waals surface area contributed by atoms with Crippen molar-refractivity contribution in [1.82, 2.24) is 14.7 Å². The summed E-state index contributed by atoms with van der Waals surface area (Å²) in [6.07, 6.45) is 1.01. The third-order valence-corrected chi connectivity index (χ3v) is 4.07. The monoisotopic (exact) mass is 286 g/mol. The van der Waals surface area contributed by atoms with Crippen molar-refractivity contribution in [2.45, 2.75) is 33.5 Å². The maximum Gasteiger partial charge on any atom is 0.312 e. The van der Waals surface area contributed by atoms with Gasteiger partial charge in [0.2, 0.25) is 0 Å². The molecule has 0 saturated heterocycles. The Balaban J connectivity index is 1.80. The second kappa shape index (κ2) is 5.29. The Morgan fingerprint density at radius 1 is 1.29 bits per heavy atom. The summed E-state index contributed by atoms with van der Waals surface area (Å²) < 4.78 is 1.74.